The molecule has 0 aliphatic carbocycles. The summed E-state index contributed by atoms with van der Waals surface area (Å²) in [5, 5.41) is 9.32. The van der Waals surface area contributed by atoms with Crippen LogP contribution in [0.3, 0.4) is 0 Å². The molecule has 1 aliphatic rings. The van der Waals surface area contributed by atoms with E-state index in [4.69, 9.17) is 4.74 Å². The van der Waals surface area contributed by atoms with E-state index in [-0.39, 0.29) is 30.5 Å². The average Bonchev–Trinajstić information content (AvgIpc) is 2.97. The van der Waals surface area contributed by atoms with Crippen LogP contribution in [-0.4, -0.2) is 48.8 Å². The van der Waals surface area contributed by atoms with E-state index < -0.39 is 21.4 Å². The van der Waals surface area contributed by atoms with Crippen molar-refractivity contribution in [1.29, 1.82) is 0 Å². The van der Waals surface area contributed by atoms with Crippen LogP contribution in [0.15, 0.2) is 17.6 Å². The topological polar surface area (TPSA) is 111 Å². The van der Waals surface area contributed by atoms with Gasteiger partial charge in [0.25, 0.3) is 10.0 Å². The standard InChI is InChI=1S/C13H21N3O5S/c1-10(2)16-7-11(14-9-16)22(19,20)15-8-13(12(17)18)3-5-21-6-4-13/h7,9-10,15H,3-6,8H2,1-2H3,(H,17,18). The van der Waals surface area contributed by atoms with E-state index in [0.29, 0.717) is 13.2 Å². The first-order valence-corrected chi connectivity index (χ1v) is 8.59. The molecule has 124 valence electrons. The van der Waals surface area contributed by atoms with Gasteiger partial charge in [-0.25, -0.2) is 18.1 Å². The number of carbonyl (C=O) groups is 1. The minimum atomic E-state index is -3.83. The molecule has 0 atom stereocenters. The smallest absolute Gasteiger partial charge is 0.311 e. The Morgan fingerprint density at radius 3 is 2.64 bits per heavy atom. The molecule has 0 radical (unpaired) electrons. The molecule has 0 amide bonds. The summed E-state index contributed by atoms with van der Waals surface area (Å²) in [6, 6.07) is 0.0947. The molecule has 2 N–H and O–H groups in total. The van der Waals surface area contributed by atoms with E-state index in [1.165, 1.54) is 12.5 Å². The molecule has 0 saturated carbocycles. The number of imidazole rings is 1. The van der Waals surface area contributed by atoms with E-state index in [1.54, 1.807) is 4.57 Å². The Labute approximate surface area is 129 Å². The Hall–Kier alpha value is -1.45. The second kappa shape index (κ2) is 6.35. The Balaban J connectivity index is 2.12. The molecule has 0 aromatic carbocycles. The van der Waals surface area contributed by atoms with Crippen LogP contribution in [0, 0.1) is 5.41 Å². The van der Waals surface area contributed by atoms with Gasteiger partial charge in [-0.15, -0.1) is 0 Å². The third-order valence-corrected chi connectivity index (χ3v) is 5.24. The molecule has 0 spiro atoms. The summed E-state index contributed by atoms with van der Waals surface area (Å²) < 4.78 is 33.7. The number of sulfonamides is 1. The maximum Gasteiger partial charge on any atom is 0.311 e. The third kappa shape index (κ3) is 3.47. The second-order valence-corrected chi connectivity index (χ2v) is 7.49. The van der Waals surface area contributed by atoms with Crippen LogP contribution in [0.2, 0.25) is 0 Å². The lowest BCUT2D eigenvalue weighted by Crippen LogP contribution is -2.46. The van der Waals surface area contributed by atoms with E-state index in [9.17, 15) is 18.3 Å². The van der Waals surface area contributed by atoms with Crippen LogP contribution in [0.4, 0.5) is 0 Å². The molecule has 2 heterocycles. The van der Waals surface area contributed by atoms with Crippen LogP contribution < -0.4 is 4.72 Å². The van der Waals surface area contributed by atoms with Crippen molar-refractivity contribution in [2.24, 2.45) is 5.41 Å². The van der Waals surface area contributed by atoms with Crippen molar-refractivity contribution in [3.63, 3.8) is 0 Å². The van der Waals surface area contributed by atoms with Crippen molar-refractivity contribution in [2.75, 3.05) is 19.8 Å². The van der Waals surface area contributed by atoms with Crippen LogP contribution >= 0.6 is 0 Å². The number of nitrogens with zero attached hydrogens (tertiary/aromatic N) is 2. The number of hydrogen-bond donors (Lipinski definition) is 2. The normalized spacial score (nSPS) is 18.5. The highest BCUT2D eigenvalue weighted by Gasteiger charge is 2.41. The Morgan fingerprint density at radius 2 is 2.14 bits per heavy atom. The molecule has 1 saturated heterocycles. The molecule has 8 nitrogen and oxygen atoms in total. The summed E-state index contributed by atoms with van der Waals surface area (Å²) in [6.45, 7) is 4.29. The molecule has 2 rings (SSSR count). The predicted octanol–water partition coefficient (Wildman–Crippen LogP) is 0.624. The SMILES string of the molecule is CC(C)n1cnc(S(=O)(=O)NCC2(C(=O)O)CCOCC2)c1. The van der Waals surface area contributed by atoms with Crippen molar-refractivity contribution in [3.8, 4) is 0 Å². The summed E-state index contributed by atoms with van der Waals surface area (Å²) in [4.78, 5) is 15.4. The molecule has 9 heteroatoms. The van der Waals surface area contributed by atoms with Crippen molar-refractivity contribution >= 4 is 16.0 Å². The Morgan fingerprint density at radius 1 is 1.50 bits per heavy atom. The monoisotopic (exact) mass is 331 g/mol. The summed E-state index contributed by atoms with van der Waals surface area (Å²) >= 11 is 0. The molecule has 0 bridgehead atoms. The van der Waals surface area contributed by atoms with Gasteiger partial charge in [0.05, 0.1) is 11.7 Å². The van der Waals surface area contributed by atoms with Crippen LogP contribution in [-0.2, 0) is 19.6 Å². The number of carboxylic acid groups (broad SMARTS) is 1. The highest BCUT2D eigenvalue weighted by molar-refractivity contribution is 7.89. The first kappa shape index (κ1) is 16.9. The third-order valence-electron chi connectivity index (χ3n) is 3.95. The van der Waals surface area contributed by atoms with Gasteiger partial charge in [0.2, 0.25) is 0 Å². The van der Waals surface area contributed by atoms with Gasteiger partial charge in [0.1, 0.15) is 0 Å². The van der Waals surface area contributed by atoms with Crippen LogP contribution in [0.25, 0.3) is 0 Å². The summed E-state index contributed by atoms with van der Waals surface area (Å²) in [5.41, 5.74) is -1.12. The lowest BCUT2D eigenvalue weighted by molar-refractivity contribution is -0.154. The molecule has 0 unspecified atom stereocenters. The zero-order chi connectivity index (χ0) is 16.4. The zero-order valence-electron chi connectivity index (χ0n) is 12.7. The quantitative estimate of drug-likeness (QED) is 0.791. The van der Waals surface area contributed by atoms with Gasteiger partial charge >= 0.3 is 5.97 Å². The average molecular weight is 331 g/mol. The van der Waals surface area contributed by atoms with Crippen molar-refractivity contribution in [2.45, 2.75) is 37.8 Å². The number of hydrogen-bond acceptors (Lipinski definition) is 5. The van der Waals surface area contributed by atoms with Crippen molar-refractivity contribution in [1.82, 2.24) is 14.3 Å². The molecule has 1 aromatic rings. The molecule has 1 aliphatic heterocycles. The number of rotatable bonds is 6. The summed E-state index contributed by atoms with van der Waals surface area (Å²) in [7, 11) is -3.83. The fraction of sp³-hybridized carbons (Fsp3) is 0.692. The molecule has 22 heavy (non-hydrogen) atoms. The van der Waals surface area contributed by atoms with E-state index in [1.807, 2.05) is 13.8 Å². The Kier molecular flexibility index (Phi) is 4.88. The fourth-order valence-corrected chi connectivity index (χ4v) is 3.34. The van der Waals surface area contributed by atoms with E-state index >= 15 is 0 Å². The molecule has 1 aromatic heterocycles. The van der Waals surface area contributed by atoms with Gasteiger partial charge in [-0.2, -0.15) is 0 Å². The number of nitrogens with one attached hydrogen (secondary N) is 1. The highest BCUT2D eigenvalue weighted by Crippen LogP contribution is 2.30. The van der Waals surface area contributed by atoms with Crippen molar-refractivity contribution < 1.29 is 23.1 Å². The maximum absolute atomic E-state index is 12.3. The van der Waals surface area contributed by atoms with Gasteiger partial charge in [0.15, 0.2) is 5.03 Å². The maximum atomic E-state index is 12.3. The van der Waals surface area contributed by atoms with Gasteiger partial charge < -0.3 is 14.4 Å². The number of carboxylic acids is 1. The van der Waals surface area contributed by atoms with Gasteiger partial charge in [-0.3, -0.25) is 4.79 Å². The molecule has 1 fully saturated rings. The van der Waals surface area contributed by atoms with Crippen LogP contribution in [0.1, 0.15) is 32.7 Å². The van der Waals surface area contributed by atoms with Crippen molar-refractivity contribution in [3.05, 3.63) is 12.5 Å². The van der Waals surface area contributed by atoms with Gasteiger partial charge in [0, 0.05) is 32.0 Å². The van der Waals surface area contributed by atoms with E-state index in [2.05, 4.69) is 9.71 Å². The van der Waals surface area contributed by atoms with E-state index in [0.717, 1.165) is 0 Å². The highest BCUT2D eigenvalue weighted by atomic mass is 32.2. The summed E-state index contributed by atoms with van der Waals surface area (Å²) in [6.07, 6.45) is 3.45. The number of aliphatic carboxylic acids is 1. The van der Waals surface area contributed by atoms with Gasteiger partial charge in [-0.05, 0) is 26.7 Å². The fourth-order valence-electron chi connectivity index (χ4n) is 2.27. The minimum Gasteiger partial charge on any atom is -0.481 e. The van der Waals surface area contributed by atoms with Gasteiger partial charge in [-0.1, -0.05) is 0 Å². The lowest BCUT2D eigenvalue weighted by Gasteiger charge is -2.32. The Bertz CT molecular complexity index is 632. The predicted molar refractivity (Wildman–Crippen MR) is 77.9 cm³/mol. The first-order chi connectivity index (χ1) is 10.3. The molecular formula is C13H21N3O5S. The lowest BCUT2D eigenvalue weighted by atomic mass is 9.80. The first-order valence-electron chi connectivity index (χ1n) is 7.11. The second-order valence-electron chi connectivity index (χ2n) is 5.78. The summed E-state index contributed by atoms with van der Waals surface area (Å²) in [5.74, 6) is -1.01. The number of ether oxygens (including phenoxy) is 1. The minimum absolute atomic E-state index is 0.0947. The van der Waals surface area contributed by atoms with Crippen LogP contribution in [0.5, 0.6) is 0 Å². The molecular weight excluding hydrogens is 310 g/mol. The zero-order valence-corrected chi connectivity index (χ0v) is 13.5. The number of aromatic nitrogens is 2. The largest absolute Gasteiger partial charge is 0.481 e.